The Labute approximate surface area is 198 Å². The summed E-state index contributed by atoms with van der Waals surface area (Å²) in [4.78, 5) is 22.6. The molecule has 0 aliphatic heterocycles. The third-order valence-electron chi connectivity index (χ3n) is 6.06. The van der Waals surface area contributed by atoms with Gasteiger partial charge in [-0.25, -0.2) is 14.8 Å². The van der Waals surface area contributed by atoms with Gasteiger partial charge in [-0.1, -0.05) is 38.5 Å². The van der Waals surface area contributed by atoms with E-state index >= 15 is 0 Å². The molecular formula is C26H30N4O4. The van der Waals surface area contributed by atoms with Crippen LogP contribution >= 0.6 is 0 Å². The third-order valence-corrected chi connectivity index (χ3v) is 6.06. The van der Waals surface area contributed by atoms with Gasteiger partial charge in [-0.3, -0.25) is 0 Å². The van der Waals surface area contributed by atoms with Crippen molar-refractivity contribution in [3.63, 3.8) is 0 Å². The average Bonchev–Trinajstić information content (AvgIpc) is 3.13. The molecule has 0 bridgehead atoms. The lowest BCUT2D eigenvalue weighted by Gasteiger charge is -2.11. The maximum Gasteiger partial charge on any atom is 0.344 e. The molecule has 2 heterocycles. The van der Waals surface area contributed by atoms with Crippen LogP contribution in [0.25, 0.3) is 22.2 Å². The third kappa shape index (κ3) is 4.48. The van der Waals surface area contributed by atoms with E-state index in [1.807, 2.05) is 54.0 Å². The predicted octanol–water partition coefficient (Wildman–Crippen LogP) is 4.63. The Morgan fingerprint density at radius 3 is 2.44 bits per heavy atom. The number of nitrogens with zero attached hydrogens (tertiary/aromatic N) is 3. The number of ether oxygens (including phenoxy) is 3. The van der Waals surface area contributed by atoms with Crippen LogP contribution in [0.15, 0.2) is 42.5 Å². The molecule has 0 aliphatic carbocycles. The van der Waals surface area contributed by atoms with E-state index in [0.29, 0.717) is 53.6 Å². The molecule has 0 fully saturated rings. The zero-order valence-electron chi connectivity index (χ0n) is 20.0. The number of nitrogens with two attached hydrogens (primary N) is 1. The second-order valence-electron chi connectivity index (χ2n) is 8.35. The second-order valence-corrected chi connectivity index (χ2v) is 8.35. The van der Waals surface area contributed by atoms with Gasteiger partial charge < -0.3 is 24.5 Å². The van der Waals surface area contributed by atoms with Crippen LogP contribution in [-0.4, -0.2) is 41.3 Å². The number of hydrogen-bond acceptors (Lipinski definition) is 7. The number of hydrogen-bond donors (Lipinski definition) is 1. The van der Waals surface area contributed by atoms with Crippen LogP contribution in [0.1, 0.15) is 36.2 Å². The van der Waals surface area contributed by atoms with Crippen molar-refractivity contribution in [3.8, 4) is 11.5 Å². The van der Waals surface area contributed by atoms with Crippen LogP contribution in [0.4, 0.5) is 5.82 Å². The molecular weight excluding hydrogens is 432 g/mol. The number of para-hydroxylation sites is 2. The zero-order chi connectivity index (χ0) is 24.2. The summed E-state index contributed by atoms with van der Waals surface area (Å²) >= 11 is 0. The molecule has 2 aromatic heterocycles. The lowest BCUT2D eigenvalue weighted by atomic mass is 10.1. The number of carbonyl (C=O) groups excluding carboxylic acids is 1. The number of benzene rings is 2. The number of methoxy groups -OCH3 is 2. The minimum absolute atomic E-state index is 0.260. The highest BCUT2D eigenvalue weighted by molar-refractivity contribution is 6.08. The Hall–Kier alpha value is -3.81. The summed E-state index contributed by atoms with van der Waals surface area (Å²) in [5.74, 6) is 1.42. The first-order valence-electron chi connectivity index (χ1n) is 11.4. The van der Waals surface area contributed by atoms with Crippen LogP contribution in [0.2, 0.25) is 0 Å². The normalized spacial score (nSPS) is 12.1. The van der Waals surface area contributed by atoms with E-state index in [2.05, 4.69) is 6.92 Å². The number of anilines is 1. The molecule has 0 radical (unpaired) electrons. The predicted molar refractivity (Wildman–Crippen MR) is 132 cm³/mol. The first-order valence-corrected chi connectivity index (χ1v) is 11.4. The van der Waals surface area contributed by atoms with Gasteiger partial charge in [0.2, 0.25) is 0 Å². The van der Waals surface area contributed by atoms with Crippen molar-refractivity contribution in [2.45, 2.75) is 33.2 Å². The Bertz CT molecular complexity index is 1330. The monoisotopic (exact) mass is 462 g/mol. The molecule has 0 spiro atoms. The summed E-state index contributed by atoms with van der Waals surface area (Å²) in [6, 6.07) is 13.3. The summed E-state index contributed by atoms with van der Waals surface area (Å²) in [5.41, 5.74) is 10.3. The maximum atomic E-state index is 13.1. The first kappa shape index (κ1) is 23.4. The van der Waals surface area contributed by atoms with Gasteiger partial charge in [-0.15, -0.1) is 0 Å². The lowest BCUT2D eigenvalue weighted by molar-refractivity contribution is 0.0450. The number of esters is 1. The molecule has 2 aromatic carbocycles. The Morgan fingerprint density at radius 1 is 1.06 bits per heavy atom. The topological polar surface area (TPSA) is 101 Å². The Balaban J connectivity index is 1.74. The van der Waals surface area contributed by atoms with Crippen molar-refractivity contribution in [3.05, 3.63) is 53.6 Å². The second kappa shape index (κ2) is 9.99. The van der Waals surface area contributed by atoms with E-state index in [1.165, 1.54) is 0 Å². The lowest BCUT2D eigenvalue weighted by Crippen LogP contribution is -2.14. The van der Waals surface area contributed by atoms with E-state index in [1.54, 1.807) is 14.2 Å². The molecule has 0 saturated carbocycles. The number of rotatable bonds is 9. The molecule has 4 aromatic rings. The SMILES string of the molecule is CCC(C)COC(=O)c1c(N)n(CCc2ccc(OC)c(OC)c2)c2nc3ccccc3nc12. The highest BCUT2D eigenvalue weighted by Crippen LogP contribution is 2.31. The van der Waals surface area contributed by atoms with E-state index in [0.717, 1.165) is 17.5 Å². The summed E-state index contributed by atoms with van der Waals surface area (Å²) in [5, 5.41) is 0. The molecule has 1 atom stereocenters. The maximum absolute atomic E-state index is 13.1. The fraction of sp³-hybridized carbons (Fsp3) is 0.346. The minimum atomic E-state index is -0.475. The zero-order valence-corrected chi connectivity index (χ0v) is 20.0. The van der Waals surface area contributed by atoms with Crippen molar-refractivity contribution >= 4 is 34.0 Å². The summed E-state index contributed by atoms with van der Waals surface area (Å²) in [7, 11) is 3.21. The minimum Gasteiger partial charge on any atom is -0.493 e. The van der Waals surface area contributed by atoms with E-state index in [4.69, 9.17) is 29.9 Å². The van der Waals surface area contributed by atoms with Crippen LogP contribution in [-0.2, 0) is 17.7 Å². The van der Waals surface area contributed by atoms with Crippen LogP contribution in [0.5, 0.6) is 11.5 Å². The van der Waals surface area contributed by atoms with Gasteiger partial charge in [-0.2, -0.15) is 0 Å². The number of aryl methyl sites for hydroxylation is 2. The molecule has 0 aliphatic rings. The summed E-state index contributed by atoms with van der Waals surface area (Å²) in [6.07, 6.45) is 1.56. The van der Waals surface area contributed by atoms with Crippen LogP contribution < -0.4 is 15.2 Å². The van der Waals surface area contributed by atoms with Crippen molar-refractivity contribution < 1.29 is 19.0 Å². The smallest absolute Gasteiger partial charge is 0.344 e. The first-order chi connectivity index (χ1) is 16.5. The molecule has 1 unspecified atom stereocenters. The largest absolute Gasteiger partial charge is 0.493 e. The molecule has 178 valence electrons. The summed E-state index contributed by atoms with van der Waals surface area (Å²) < 4.78 is 18.2. The van der Waals surface area contributed by atoms with Crippen LogP contribution in [0, 0.1) is 5.92 Å². The number of aromatic nitrogens is 3. The van der Waals surface area contributed by atoms with Crippen LogP contribution in [0.3, 0.4) is 0 Å². The fourth-order valence-electron chi connectivity index (χ4n) is 3.83. The van der Waals surface area contributed by atoms with Crippen molar-refractivity contribution in [1.29, 1.82) is 0 Å². The average molecular weight is 463 g/mol. The number of fused-ring (bicyclic) bond motifs is 2. The van der Waals surface area contributed by atoms with Gasteiger partial charge in [0.25, 0.3) is 0 Å². The standard InChI is InChI=1S/C26H30N4O4/c1-5-16(2)15-34-26(31)22-23-25(29-19-9-7-6-8-18(19)28-23)30(24(22)27)13-12-17-10-11-20(32-3)21(14-17)33-4/h6-11,14,16H,5,12-13,15,27H2,1-4H3. The van der Waals surface area contributed by atoms with E-state index in [9.17, 15) is 4.79 Å². The summed E-state index contributed by atoms with van der Waals surface area (Å²) in [6.45, 7) is 4.93. The molecule has 8 nitrogen and oxygen atoms in total. The van der Waals surface area contributed by atoms with Crippen molar-refractivity contribution in [2.75, 3.05) is 26.6 Å². The Morgan fingerprint density at radius 2 is 1.76 bits per heavy atom. The molecule has 4 rings (SSSR count). The van der Waals surface area contributed by atoms with Crippen molar-refractivity contribution in [1.82, 2.24) is 14.5 Å². The quantitative estimate of drug-likeness (QED) is 0.362. The molecule has 8 heteroatoms. The Kier molecular flexibility index (Phi) is 6.86. The molecule has 2 N–H and O–H groups in total. The van der Waals surface area contributed by atoms with Gasteiger partial charge in [0.15, 0.2) is 17.1 Å². The van der Waals surface area contributed by atoms with Gasteiger partial charge in [0.05, 0.1) is 31.9 Å². The molecule has 0 amide bonds. The number of carbonyl (C=O) groups is 1. The van der Waals surface area contributed by atoms with Crippen molar-refractivity contribution in [2.24, 2.45) is 5.92 Å². The number of nitrogen functional groups attached to an aromatic ring is 1. The van der Waals surface area contributed by atoms with E-state index in [-0.39, 0.29) is 11.5 Å². The highest BCUT2D eigenvalue weighted by atomic mass is 16.5. The highest BCUT2D eigenvalue weighted by Gasteiger charge is 2.25. The fourth-order valence-corrected chi connectivity index (χ4v) is 3.83. The van der Waals surface area contributed by atoms with Gasteiger partial charge >= 0.3 is 5.97 Å². The molecule has 34 heavy (non-hydrogen) atoms. The van der Waals surface area contributed by atoms with Gasteiger partial charge in [-0.05, 0) is 42.2 Å². The van der Waals surface area contributed by atoms with E-state index < -0.39 is 5.97 Å². The molecule has 0 saturated heterocycles. The van der Waals surface area contributed by atoms with Gasteiger partial charge in [0, 0.05) is 6.54 Å². The van der Waals surface area contributed by atoms with Gasteiger partial charge in [0.1, 0.15) is 16.9 Å².